The average molecular weight is 311 g/mol. The molecule has 0 aliphatic heterocycles. The first-order chi connectivity index (χ1) is 11.1. The smallest absolute Gasteiger partial charge is 0.162 e. The van der Waals surface area contributed by atoms with Crippen molar-refractivity contribution in [2.75, 3.05) is 13.2 Å². The van der Waals surface area contributed by atoms with Crippen LogP contribution in [-0.2, 0) is 0 Å². The van der Waals surface area contributed by atoms with Crippen LogP contribution < -0.4 is 10.1 Å². The molecule has 0 saturated carbocycles. The minimum Gasteiger partial charge on any atom is -0.492 e. The van der Waals surface area contributed by atoms with Gasteiger partial charge in [-0.25, -0.2) is 0 Å². The fraction of sp³-hybridized carbons (Fsp3) is 0.350. The Labute approximate surface area is 138 Å². The minimum absolute atomic E-state index is 0.132. The molecule has 23 heavy (non-hydrogen) atoms. The number of hydrogen-bond donors (Lipinski definition) is 1. The Kier molecular flexibility index (Phi) is 6.36. The number of nitrogens with one attached hydrogen (secondary N) is 1. The van der Waals surface area contributed by atoms with Gasteiger partial charge in [-0.3, -0.25) is 4.79 Å². The Morgan fingerprint density at radius 1 is 1.09 bits per heavy atom. The van der Waals surface area contributed by atoms with Crippen LogP contribution in [-0.4, -0.2) is 25.0 Å². The second kappa shape index (κ2) is 8.49. The first kappa shape index (κ1) is 17.2. The Bertz CT molecular complexity index is 635. The van der Waals surface area contributed by atoms with Gasteiger partial charge in [0.15, 0.2) is 5.78 Å². The predicted molar refractivity (Wildman–Crippen MR) is 95.1 cm³/mol. The summed E-state index contributed by atoms with van der Waals surface area (Å²) in [5.74, 6) is 0.877. The molecule has 0 spiro atoms. The van der Waals surface area contributed by atoms with Gasteiger partial charge in [-0.1, -0.05) is 51.1 Å². The van der Waals surface area contributed by atoms with Gasteiger partial charge in [0.25, 0.3) is 0 Å². The van der Waals surface area contributed by atoms with Crippen LogP contribution in [0.5, 0.6) is 5.75 Å². The lowest BCUT2D eigenvalue weighted by Gasteiger charge is -2.12. The number of rotatable bonds is 8. The molecule has 122 valence electrons. The summed E-state index contributed by atoms with van der Waals surface area (Å²) in [7, 11) is 0. The van der Waals surface area contributed by atoms with Crippen molar-refractivity contribution in [1.82, 2.24) is 5.32 Å². The van der Waals surface area contributed by atoms with Crippen molar-refractivity contribution in [3.05, 3.63) is 54.1 Å². The zero-order valence-electron chi connectivity index (χ0n) is 14.1. The Balaban J connectivity index is 2.22. The van der Waals surface area contributed by atoms with Crippen molar-refractivity contribution >= 4 is 5.78 Å². The van der Waals surface area contributed by atoms with Gasteiger partial charge in [-0.2, -0.15) is 0 Å². The fourth-order valence-corrected chi connectivity index (χ4v) is 2.36. The maximum absolute atomic E-state index is 12.1. The molecule has 0 fully saturated rings. The van der Waals surface area contributed by atoms with Crippen molar-refractivity contribution < 1.29 is 9.53 Å². The molecule has 0 aliphatic carbocycles. The van der Waals surface area contributed by atoms with Crippen LogP contribution in [0.1, 0.15) is 37.6 Å². The second-order valence-electron chi connectivity index (χ2n) is 5.85. The highest BCUT2D eigenvalue weighted by Gasteiger charge is 2.09. The van der Waals surface area contributed by atoms with E-state index in [0.29, 0.717) is 24.6 Å². The van der Waals surface area contributed by atoms with Crippen molar-refractivity contribution in [3.8, 4) is 16.9 Å². The quantitative estimate of drug-likeness (QED) is 0.583. The van der Waals surface area contributed by atoms with Crippen molar-refractivity contribution in [3.63, 3.8) is 0 Å². The summed E-state index contributed by atoms with van der Waals surface area (Å²) in [4.78, 5) is 12.1. The van der Waals surface area contributed by atoms with Gasteiger partial charge >= 0.3 is 0 Å². The van der Waals surface area contributed by atoms with Crippen LogP contribution in [0.4, 0.5) is 0 Å². The summed E-state index contributed by atoms with van der Waals surface area (Å²) in [6.07, 6.45) is 0.493. The van der Waals surface area contributed by atoms with E-state index in [0.717, 1.165) is 23.4 Å². The molecule has 0 radical (unpaired) electrons. The molecule has 0 aromatic heterocycles. The minimum atomic E-state index is 0.132. The highest BCUT2D eigenvalue weighted by atomic mass is 16.5. The van der Waals surface area contributed by atoms with Crippen LogP contribution >= 0.6 is 0 Å². The lowest BCUT2D eigenvalue weighted by Crippen LogP contribution is -2.27. The molecule has 0 aliphatic rings. The molecular formula is C20H25NO2. The molecular weight excluding hydrogens is 286 g/mol. The molecule has 2 aromatic rings. The number of ether oxygens (including phenoxy) is 1. The fourth-order valence-electron chi connectivity index (χ4n) is 2.36. The number of benzene rings is 2. The van der Waals surface area contributed by atoms with E-state index >= 15 is 0 Å². The molecule has 0 atom stereocenters. The molecule has 0 saturated heterocycles. The van der Waals surface area contributed by atoms with E-state index in [9.17, 15) is 4.79 Å². The standard InChI is InChI=1S/C20H25NO2/c1-4-20(22)18-12-17(16-8-6-5-7-9-16)13-19(14-18)23-11-10-21-15(2)3/h5-9,12-15,21H,4,10-11H2,1-3H3. The summed E-state index contributed by atoms with van der Waals surface area (Å²) < 4.78 is 5.84. The van der Waals surface area contributed by atoms with E-state index in [4.69, 9.17) is 4.74 Å². The third-order valence-corrected chi connectivity index (χ3v) is 3.58. The average Bonchev–Trinajstić information content (AvgIpc) is 2.58. The maximum Gasteiger partial charge on any atom is 0.162 e. The molecule has 0 amide bonds. The molecule has 0 heterocycles. The first-order valence-electron chi connectivity index (χ1n) is 8.20. The number of Topliss-reactive ketones (excluding diaryl/α,β-unsaturated/α-hetero) is 1. The van der Waals surface area contributed by atoms with Crippen LogP contribution in [0.25, 0.3) is 11.1 Å². The molecule has 0 unspecified atom stereocenters. The predicted octanol–water partition coefficient (Wildman–Crippen LogP) is 4.32. The lowest BCUT2D eigenvalue weighted by molar-refractivity contribution is 0.0987. The Morgan fingerprint density at radius 2 is 1.83 bits per heavy atom. The Morgan fingerprint density at radius 3 is 2.48 bits per heavy atom. The third kappa shape index (κ3) is 5.22. The maximum atomic E-state index is 12.1. The number of carbonyl (C=O) groups is 1. The SMILES string of the molecule is CCC(=O)c1cc(OCCNC(C)C)cc(-c2ccccc2)c1. The number of ketones is 1. The summed E-state index contributed by atoms with van der Waals surface area (Å²) in [6.45, 7) is 7.45. The van der Waals surface area contributed by atoms with Crippen LogP contribution in [0, 0.1) is 0 Å². The van der Waals surface area contributed by atoms with Gasteiger partial charge in [-0.15, -0.1) is 0 Å². The number of hydrogen-bond acceptors (Lipinski definition) is 3. The second-order valence-corrected chi connectivity index (χ2v) is 5.85. The van der Waals surface area contributed by atoms with Gasteiger partial charge < -0.3 is 10.1 Å². The molecule has 2 rings (SSSR count). The Hall–Kier alpha value is -2.13. The van der Waals surface area contributed by atoms with E-state index in [1.165, 1.54) is 0 Å². The highest BCUT2D eigenvalue weighted by Crippen LogP contribution is 2.26. The number of carbonyl (C=O) groups excluding carboxylic acids is 1. The summed E-state index contributed by atoms with van der Waals surface area (Å²) >= 11 is 0. The molecule has 0 bridgehead atoms. The van der Waals surface area contributed by atoms with E-state index in [-0.39, 0.29) is 5.78 Å². The van der Waals surface area contributed by atoms with Gasteiger partial charge in [0.05, 0.1) is 0 Å². The van der Waals surface area contributed by atoms with Crippen molar-refractivity contribution in [2.45, 2.75) is 33.2 Å². The monoisotopic (exact) mass is 311 g/mol. The first-order valence-corrected chi connectivity index (χ1v) is 8.20. The zero-order valence-corrected chi connectivity index (χ0v) is 14.1. The topological polar surface area (TPSA) is 38.3 Å². The van der Waals surface area contributed by atoms with Crippen LogP contribution in [0.3, 0.4) is 0 Å². The molecule has 3 nitrogen and oxygen atoms in total. The largest absolute Gasteiger partial charge is 0.492 e. The zero-order chi connectivity index (χ0) is 16.7. The summed E-state index contributed by atoms with van der Waals surface area (Å²) in [5.41, 5.74) is 2.81. The van der Waals surface area contributed by atoms with E-state index < -0.39 is 0 Å². The van der Waals surface area contributed by atoms with Crippen LogP contribution in [0.2, 0.25) is 0 Å². The van der Waals surface area contributed by atoms with E-state index in [2.05, 4.69) is 19.2 Å². The molecule has 3 heteroatoms. The van der Waals surface area contributed by atoms with Gasteiger partial charge in [0, 0.05) is 24.6 Å². The summed E-state index contributed by atoms with van der Waals surface area (Å²) in [6, 6.07) is 16.3. The summed E-state index contributed by atoms with van der Waals surface area (Å²) in [5, 5.41) is 3.32. The normalized spacial score (nSPS) is 10.8. The molecule has 1 N–H and O–H groups in total. The van der Waals surface area contributed by atoms with Gasteiger partial charge in [0.2, 0.25) is 0 Å². The molecule has 2 aromatic carbocycles. The van der Waals surface area contributed by atoms with Gasteiger partial charge in [0.1, 0.15) is 12.4 Å². The van der Waals surface area contributed by atoms with E-state index in [1.54, 1.807) is 0 Å². The highest BCUT2D eigenvalue weighted by molar-refractivity contribution is 5.97. The van der Waals surface area contributed by atoms with Crippen molar-refractivity contribution in [2.24, 2.45) is 0 Å². The van der Waals surface area contributed by atoms with Gasteiger partial charge in [-0.05, 0) is 29.3 Å². The van der Waals surface area contributed by atoms with Crippen LogP contribution in [0.15, 0.2) is 48.5 Å². The van der Waals surface area contributed by atoms with Crippen molar-refractivity contribution in [1.29, 1.82) is 0 Å². The third-order valence-electron chi connectivity index (χ3n) is 3.58. The lowest BCUT2D eigenvalue weighted by atomic mass is 10.00. The van der Waals surface area contributed by atoms with E-state index in [1.807, 2.05) is 55.5 Å².